The number of aliphatic hydroxyl groups is 1. The smallest absolute Gasteiger partial charge is 0.287 e. The number of furan rings is 1. The van der Waals surface area contributed by atoms with Crippen molar-refractivity contribution in [1.29, 1.82) is 0 Å². The number of carbonyl (C=O) groups is 2. The molecular formula is C13H17BrN2O4. The van der Waals surface area contributed by atoms with Crippen LogP contribution in [-0.2, 0) is 4.79 Å². The molecule has 1 aliphatic rings. The summed E-state index contributed by atoms with van der Waals surface area (Å²) in [6.07, 6.45) is 1.57. The molecule has 1 aromatic heterocycles. The normalized spacial score (nSPS) is 15.8. The van der Waals surface area contributed by atoms with Crippen LogP contribution in [0.2, 0.25) is 0 Å². The fourth-order valence-electron chi connectivity index (χ4n) is 1.83. The summed E-state index contributed by atoms with van der Waals surface area (Å²) in [4.78, 5) is 24.9. The predicted molar refractivity (Wildman–Crippen MR) is 75.1 cm³/mol. The third-order valence-corrected chi connectivity index (χ3v) is 3.68. The van der Waals surface area contributed by atoms with Crippen molar-refractivity contribution < 1.29 is 19.1 Å². The van der Waals surface area contributed by atoms with Gasteiger partial charge in [0.1, 0.15) is 0 Å². The molecule has 20 heavy (non-hydrogen) atoms. The third-order valence-electron chi connectivity index (χ3n) is 3.25. The number of likely N-dealkylation sites (N-methyl/N-ethyl adjacent to an activating group) is 1. The van der Waals surface area contributed by atoms with Crippen LogP contribution in [0, 0.1) is 5.92 Å². The standard InChI is InChI=1S/C13H17BrN2O4/c1-16(7-9(17)8-2-3-8)12(18)6-15-13(19)10-4-5-11(14)20-10/h4-5,8-9,17H,2-3,6-7H2,1H3,(H,15,19). The van der Waals surface area contributed by atoms with Gasteiger partial charge in [-0.05, 0) is 46.8 Å². The Kier molecular flexibility index (Phi) is 4.82. The Morgan fingerprint density at radius 1 is 1.55 bits per heavy atom. The van der Waals surface area contributed by atoms with Crippen molar-refractivity contribution in [2.75, 3.05) is 20.1 Å². The Morgan fingerprint density at radius 2 is 2.25 bits per heavy atom. The van der Waals surface area contributed by atoms with Gasteiger partial charge in [0.2, 0.25) is 5.91 Å². The Morgan fingerprint density at radius 3 is 2.80 bits per heavy atom. The quantitative estimate of drug-likeness (QED) is 0.806. The lowest BCUT2D eigenvalue weighted by atomic mass is 10.2. The fraction of sp³-hybridized carbons (Fsp3) is 0.538. The number of hydrogen-bond acceptors (Lipinski definition) is 4. The molecule has 0 aromatic carbocycles. The number of amides is 2. The second-order valence-electron chi connectivity index (χ2n) is 4.97. The third kappa shape index (κ3) is 4.08. The number of rotatable bonds is 6. The molecule has 1 saturated carbocycles. The Balaban J connectivity index is 1.74. The van der Waals surface area contributed by atoms with Gasteiger partial charge in [-0.2, -0.15) is 0 Å². The molecule has 0 radical (unpaired) electrons. The molecule has 2 rings (SSSR count). The molecule has 1 aromatic rings. The summed E-state index contributed by atoms with van der Waals surface area (Å²) < 4.78 is 5.54. The first kappa shape index (κ1) is 15.1. The van der Waals surface area contributed by atoms with E-state index in [4.69, 9.17) is 4.42 Å². The first-order chi connectivity index (χ1) is 9.47. The Labute approximate surface area is 125 Å². The highest BCUT2D eigenvalue weighted by molar-refractivity contribution is 9.10. The van der Waals surface area contributed by atoms with Gasteiger partial charge in [0.15, 0.2) is 10.4 Å². The average Bonchev–Trinajstić information content (AvgIpc) is 3.17. The number of nitrogens with zero attached hydrogens (tertiary/aromatic N) is 1. The molecule has 0 saturated heterocycles. The molecule has 1 atom stereocenters. The highest BCUT2D eigenvalue weighted by Gasteiger charge is 2.31. The molecule has 7 heteroatoms. The zero-order chi connectivity index (χ0) is 14.7. The summed E-state index contributed by atoms with van der Waals surface area (Å²) in [5.41, 5.74) is 0. The van der Waals surface area contributed by atoms with Crippen LogP contribution in [0.3, 0.4) is 0 Å². The van der Waals surface area contributed by atoms with Gasteiger partial charge in [0.25, 0.3) is 5.91 Å². The highest BCUT2D eigenvalue weighted by atomic mass is 79.9. The van der Waals surface area contributed by atoms with E-state index in [1.54, 1.807) is 13.1 Å². The molecule has 6 nitrogen and oxygen atoms in total. The molecule has 1 unspecified atom stereocenters. The summed E-state index contributed by atoms with van der Waals surface area (Å²) in [6, 6.07) is 3.12. The van der Waals surface area contributed by atoms with Crippen LogP contribution in [0.5, 0.6) is 0 Å². The topological polar surface area (TPSA) is 82.8 Å². The molecule has 2 amide bonds. The van der Waals surface area contributed by atoms with Gasteiger partial charge in [0, 0.05) is 13.6 Å². The van der Waals surface area contributed by atoms with E-state index in [0.717, 1.165) is 12.8 Å². The molecule has 1 heterocycles. The van der Waals surface area contributed by atoms with Crippen LogP contribution < -0.4 is 5.32 Å². The van der Waals surface area contributed by atoms with Crippen molar-refractivity contribution in [3.05, 3.63) is 22.6 Å². The summed E-state index contributed by atoms with van der Waals surface area (Å²) in [7, 11) is 1.61. The zero-order valence-electron chi connectivity index (χ0n) is 11.1. The lowest BCUT2D eigenvalue weighted by Crippen LogP contribution is -2.41. The van der Waals surface area contributed by atoms with Crippen LogP contribution in [-0.4, -0.2) is 48.1 Å². The highest BCUT2D eigenvalue weighted by Crippen LogP contribution is 2.32. The molecule has 0 aliphatic heterocycles. The van der Waals surface area contributed by atoms with Crippen molar-refractivity contribution in [2.45, 2.75) is 18.9 Å². The fourth-order valence-corrected chi connectivity index (χ4v) is 2.13. The molecule has 0 spiro atoms. The van der Waals surface area contributed by atoms with Crippen LogP contribution in [0.15, 0.2) is 21.2 Å². The van der Waals surface area contributed by atoms with Crippen molar-refractivity contribution >= 4 is 27.7 Å². The minimum atomic E-state index is -0.472. The van der Waals surface area contributed by atoms with Gasteiger partial charge in [-0.3, -0.25) is 9.59 Å². The molecule has 1 aliphatic carbocycles. The van der Waals surface area contributed by atoms with Crippen molar-refractivity contribution in [2.24, 2.45) is 5.92 Å². The van der Waals surface area contributed by atoms with Crippen LogP contribution >= 0.6 is 15.9 Å². The van der Waals surface area contributed by atoms with Gasteiger partial charge < -0.3 is 19.7 Å². The number of aliphatic hydroxyl groups excluding tert-OH is 1. The second kappa shape index (κ2) is 6.41. The van der Waals surface area contributed by atoms with E-state index in [0.29, 0.717) is 17.1 Å². The maximum absolute atomic E-state index is 11.8. The minimum absolute atomic E-state index is 0.120. The molecular weight excluding hydrogens is 328 g/mol. The van der Waals surface area contributed by atoms with E-state index in [-0.39, 0.29) is 18.2 Å². The molecule has 0 bridgehead atoms. The Hall–Kier alpha value is -1.34. The van der Waals surface area contributed by atoms with Gasteiger partial charge in [-0.25, -0.2) is 0 Å². The SMILES string of the molecule is CN(CC(O)C1CC1)C(=O)CNC(=O)c1ccc(Br)o1. The number of nitrogens with one attached hydrogen (secondary N) is 1. The summed E-state index contributed by atoms with van der Waals surface area (Å²) in [5, 5.41) is 12.2. The second-order valence-corrected chi connectivity index (χ2v) is 5.75. The van der Waals surface area contributed by atoms with Gasteiger partial charge in [0.05, 0.1) is 12.6 Å². The minimum Gasteiger partial charge on any atom is -0.444 e. The summed E-state index contributed by atoms with van der Waals surface area (Å²) in [5.74, 6) is -0.227. The number of hydrogen-bond donors (Lipinski definition) is 2. The van der Waals surface area contributed by atoms with Crippen molar-refractivity contribution in [1.82, 2.24) is 10.2 Å². The van der Waals surface area contributed by atoms with Crippen LogP contribution in [0.25, 0.3) is 0 Å². The van der Waals surface area contributed by atoms with E-state index in [9.17, 15) is 14.7 Å². The summed E-state index contributed by atoms with van der Waals surface area (Å²) >= 11 is 3.10. The van der Waals surface area contributed by atoms with E-state index >= 15 is 0 Å². The Bertz CT molecular complexity index is 498. The van der Waals surface area contributed by atoms with Crippen LogP contribution in [0.1, 0.15) is 23.4 Å². The lowest BCUT2D eigenvalue weighted by molar-refractivity contribution is -0.130. The average molecular weight is 345 g/mol. The first-order valence-electron chi connectivity index (χ1n) is 6.43. The van der Waals surface area contributed by atoms with E-state index < -0.39 is 12.0 Å². The predicted octanol–water partition coefficient (Wildman–Crippen LogP) is 1.00. The van der Waals surface area contributed by atoms with E-state index in [1.807, 2.05) is 0 Å². The largest absolute Gasteiger partial charge is 0.444 e. The molecule has 2 N–H and O–H groups in total. The monoisotopic (exact) mass is 344 g/mol. The lowest BCUT2D eigenvalue weighted by Gasteiger charge is -2.20. The van der Waals surface area contributed by atoms with Gasteiger partial charge in [-0.15, -0.1) is 0 Å². The number of halogens is 1. The molecule has 110 valence electrons. The molecule has 1 fully saturated rings. The maximum atomic E-state index is 11.8. The van der Waals surface area contributed by atoms with E-state index in [2.05, 4.69) is 21.2 Å². The van der Waals surface area contributed by atoms with Crippen molar-refractivity contribution in [3.8, 4) is 0 Å². The van der Waals surface area contributed by atoms with Crippen LogP contribution in [0.4, 0.5) is 0 Å². The van der Waals surface area contributed by atoms with Gasteiger partial charge in [-0.1, -0.05) is 0 Å². The van der Waals surface area contributed by atoms with E-state index in [1.165, 1.54) is 11.0 Å². The zero-order valence-corrected chi connectivity index (χ0v) is 12.7. The number of carbonyl (C=O) groups excluding carboxylic acids is 2. The first-order valence-corrected chi connectivity index (χ1v) is 7.22. The maximum Gasteiger partial charge on any atom is 0.287 e. The summed E-state index contributed by atoms with van der Waals surface area (Å²) in [6.45, 7) is 0.177. The van der Waals surface area contributed by atoms with Crippen molar-refractivity contribution in [3.63, 3.8) is 0 Å². The van der Waals surface area contributed by atoms with Gasteiger partial charge >= 0.3 is 0 Å².